The average molecular weight is 412 g/mol. The average Bonchev–Trinajstić information content (AvgIpc) is 3.03. The number of aryl methyl sites for hydroxylation is 1. The van der Waals surface area contributed by atoms with E-state index in [1.807, 2.05) is 56.0 Å². The molecule has 0 saturated carbocycles. The van der Waals surface area contributed by atoms with Crippen LogP contribution in [-0.2, 0) is 0 Å². The number of aromatic nitrogens is 1. The Balaban J connectivity index is 1.56. The summed E-state index contributed by atoms with van der Waals surface area (Å²) in [5.41, 5.74) is 3.52. The molecule has 0 unspecified atom stereocenters. The molecule has 162 valence electrons. The molecule has 1 N–H and O–H groups in total. The van der Waals surface area contributed by atoms with Crippen LogP contribution in [0.5, 0.6) is 5.75 Å². The van der Waals surface area contributed by atoms with E-state index in [9.17, 15) is 9.59 Å². The van der Waals surface area contributed by atoms with Crippen molar-refractivity contribution in [2.75, 3.05) is 19.7 Å². The Bertz CT molecular complexity index is 891. The van der Waals surface area contributed by atoms with Gasteiger partial charge in [0, 0.05) is 42.1 Å². The number of ether oxygens (including phenoxy) is 1. The largest absolute Gasteiger partial charge is 0.494 e. The van der Waals surface area contributed by atoms with Crippen LogP contribution in [0, 0.1) is 13.8 Å². The predicted molar refractivity (Wildman–Crippen MR) is 118 cm³/mol. The van der Waals surface area contributed by atoms with Crippen LogP contribution in [-0.4, -0.2) is 47.0 Å². The Morgan fingerprint density at radius 2 is 1.77 bits per heavy atom. The normalized spacial score (nSPS) is 14.8. The van der Waals surface area contributed by atoms with Crippen molar-refractivity contribution in [2.45, 2.75) is 59.5 Å². The molecule has 1 aromatic carbocycles. The molecular weight excluding hydrogens is 378 g/mol. The van der Waals surface area contributed by atoms with Crippen molar-refractivity contribution < 1.29 is 14.3 Å². The maximum Gasteiger partial charge on any atom is 0.253 e. The van der Waals surface area contributed by atoms with Crippen LogP contribution in [0.3, 0.4) is 0 Å². The summed E-state index contributed by atoms with van der Waals surface area (Å²) in [6.45, 7) is 12.1. The highest BCUT2D eigenvalue weighted by molar-refractivity contribution is 5.96. The molecule has 1 saturated heterocycles. The maximum absolute atomic E-state index is 12.8. The molecule has 1 aliphatic heterocycles. The molecule has 6 heteroatoms. The molecule has 1 fully saturated rings. The van der Waals surface area contributed by atoms with Gasteiger partial charge in [-0.15, -0.1) is 0 Å². The molecule has 0 radical (unpaired) electrons. The highest BCUT2D eigenvalue weighted by Gasteiger charge is 2.26. The second-order valence-corrected chi connectivity index (χ2v) is 8.25. The van der Waals surface area contributed by atoms with Gasteiger partial charge in [0.15, 0.2) is 0 Å². The van der Waals surface area contributed by atoms with E-state index in [1.165, 1.54) is 0 Å². The smallest absolute Gasteiger partial charge is 0.253 e. The van der Waals surface area contributed by atoms with Crippen LogP contribution in [0.2, 0.25) is 0 Å². The van der Waals surface area contributed by atoms with Gasteiger partial charge in [-0.1, -0.05) is 0 Å². The van der Waals surface area contributed by atoms with Gasteiger partial charge in [-0.2, -0.15) is 0 Å². The molecule has 0 aliphatic carbocycles. The van der Waals surface area contributed by atoms with E-state index in [-0.39, 0.29) is 17.9 Å². The van der Waals surface area contributed by atoms with Gasteiger partial charge in [-0.25, -0.2) is 0 Å². The Morgan fingerprint density at radius 3 is 2.30 bits per heavy atom. The molecule has 2 aromatic rings. The van der Waals surface area contributed by atoms with Crippen molar-refractivity contribution in [1.82, 2.24) is 14.8 Å². The van der Waals surface area contributed by atoms with Gasteiger partial charge in [0.25, 0.3) is 11.8 Å². The van der Waals surface area contributed by atoms with E-state index < -0.39 is 0 Å². The van der Waals surface area contributed by atoms with E-state index in [4.69, 9.17) is 4.74 Å². The number of hydrogen-bond donors (Lipinski definition) is 1. The van der Waals surface area contributed by atoms with Crippen molar-refractivity contribution in [3.05, 3.63) is 52.8 Å². The van der Waals surface area contributed by atoms with Crippen LogP contribution < -0.4 is 10.1 Å². The lowest BCUT2D eigenvalue weighted by atomic mass is 10.0. The zero-order valence-electron chi connectivity index (χ0n) is 18.7. The van der Waals surface area contributed by atoms with Crippen LogP contribution >= 0.6 is 0 Å². The van der Waals surface area contributed by atoms with Crippen LogP contribution in [0.1, 0.15) is 71.8 Å². The van der Waals surface area contributed by atoms with E-state index >= 15 is 0 Å². The Labute approximate surface area is 179 Å². The molecule has 2 amide bonds. The summed E-state index contributed by atoms with van der Waals surface area (Å²) in [5, 5.41) is 3.17. The lowest BCUT2D eigenvalue weighted by molar-refractivity contribution is 0.0698. The molecule has 0 atom stereocenters. The molecular formula is C24H33N3O3. The number of carbonyl (C=O) groups is 2. The summed E-state index contributed by atoms with van der Waals surface area (Å²) < 4.78 is 7.62. The minimum atomic E-state index is -0.0220. The standard InChI is InChI=1S/C24H33N3O3/c1-6-30-21-9-7-19(8-10-21)24(29)26-13-11-20(12-14-26)25-23(28)22-15-17(4)27(16(2)3)18(22)5/h7-10,15-16,20H,6,11-14H2,1-5H3,(H,25,28). The summed E-state index contributed by atoms with van der Waals surface area (Å²) in [4.78, 5) is 27.5. The molecule has 6 nitrogen and oxygen atoms in total. The van der Waals surface area contributed by atoms with Crippen LogP contribution in [0.25, 0.3) is 0 Å². The maximum atomic E-state index is 12.8. The first kappa shape index (κ1) is 21.9. The Kier molecular flexibility index (Phi) is 6.85. The molecule has 1 aromatic heterocycles. The zero-order chi connectivity index (χ0) is 21.8. The second-order valence-electron chi connectivity index (χ2n) is 8.25. The summed E-state index contributed by atoms with van der Waals surface area (Å²) in [5.74, 6) is 0.780. The molecule has 30 heavy (non-hydrogen) atoms. The monoisotopic (exact) mass is 411 g/mol. The van der Waals surface area contributed by atoms with E-state index in [2.05, 4.69) is 23.7 Å². The number of rotatable bonds is 6. The predicted octanol–water partition coefficient (Wildman–Crippen LogP) is 4.12. The Morgan fingerprint density at radius 1 is 1.13 bits per heavy atom. The first-order valence-electron chi connectivity index (χ1n) is 10.8. The van der Waals surface area contributed by atoms with Crippen molar-refractivity contribution >= 4 is 11.8 Å². The van der Waals surface area contributed by atoms with Gasteiger partial charge in [-0.3, -0.25) is 9.59 Å². The third kappa shape index (κ3) is 4.69. The van der Waals surface area contributed by atoms with Gasteiger partial charge in [0.05, 0.1) is 12.2 Å². The lowest BCUT2D eigenvalue weighted by Crippen LogP contribution is -2.46. The lowest BCUT2D eigenvalue weighted by Gasteiger charge is -2.32. The summed E-state index contributed by atoms with van der Waals surface area (Å²) in [6.07, 6.45) is 1.52. The fraction of sp³-hybridized carbons (Fsp3) is 0.500. The number of carbonyl (C=O) groups excluding carboxylic acids is 2. The second kappa shape index (κ2) is 9.37. The molecule has 0 spiro atoms. The number of piperidine rings is 1. The third-order valence-electron chi connectivity index (χ3n) is 5.78. The molecule has 1 aliphatic rings. The van der Waals surface area contributed by atoms with Gasteiger partial charge in [0.1, 0.15) is 5.75 Å². The van der Waals surface area contributed by atoms with Gasteiger partial charge < -0.3 is 19.5 Å². The summed E-state index contributed by atoms with van der Waals surface area (Å²) in [6, 6.07) is 9.66. The van der Waals surface area contributed by atoms with Crippen LogP contribution in [0.4, 0.5) is 0 Å². The van der Waals surface area contributed by atoms with Crippen molar-refractivity contribution in [2.24, 2.45) is 0 Å². The highest BCUT2D eigenvalue weighted by Crippen LogP contribution is 2.21. The fourth-order valence-corrected chi connectivity index (χ4v) is 4.33. The number of hydrogen-bond acceptors (Lipinski definition) is 3. The van der Waals surface area contributed by atoms with E-state index in [0.717, 1.165) is 35.5 Å². The fourth-order valence-electron chi connectivity index (χ4n) is 4.33. The quantitative estimate of drug-likeness (QED) is 0.778. The van der Waals surface area contributed by atoms with Crippen molar-refractivity contribution in [1.29, 1.82) is 0 Å². The number of nitrogens with zero attached hydrogens (tertiary/aromatic N) is 2. The minimum absolute atomic E-state index is 0.0220. The van der Waals surface area contributed by atoms with Crippen molar-refractivity contribution in [3.8, 4) is 5.75 Å². The highest BCUT2D eigenvalue weighted by atomic mass is 16.5. The van der Waals surface area contributed by atoms with Crippen LogP contribution in [0.15, 0.2) is 30.3 Å². The molecule has 0 bridgehead atoms. The third-order valence-corrected chi connectivity index (χ3v) is 5.78. The first-order chi connectivity index (χ1) is 14.3. The SMILES string of the molecule is CCOc1ccc(C(=O)N2CCC(NC(=O)c3cc(C)n(C(C)C)c3C)CC2)cc1. The van der Waals surface area contributed by atoms with Gasteiger partial charge in [0.2, 0.25) is 0 Å². The number of nitrogens with one attached hydrogen (secondary N) is 1. The number of likely N-dealkylation sites (tertiary alicyclic amines) is 1. The summed E-state index contributed by atoms with van der Waals surface area (Å²) in [7, 11) is 0. The number of amides is 2. The van der Waals surface area contributed by atoms with Gasteiger partial charge in [-0.05, 0) is 77.8 Å². The first-order valence-corrected chi connectivity index (χ1v) is 10.8. The summed E-state index contributed by atoms with van der Waals surface area (Å²) >= 11 is 0. The van der Waals surface area contributed by atoms with Gasteiger partial charge >= 0.3 is 0 Å². The number of benzene rings is 1. The molecule has 2 heterocycles. The topological polar surface area (TPSA) is 63.6 Å². The van der Waals surface area contributed by atoms with Crippen molar-refractivity contribution in [3.63, 3.8) is 0 Å². The van der Waals surface area contributed by atoms with E-state index in [0.29, 0.717) is 31.3 Å². The Hall–Kier alpha value is -2.76. The minimum Gasteiger partial charge on any atom is -0.494 e. The molecule has 3 rings (SSSR count). The van der Waals surface area contributed by atoms with E-state index in [1.54, 1.807) is 0 Å². The zero-order valence-corrected chi connectivity index (χ0v) is 18.7.